The monoisotopic (exact) mass is 266 g/mol. The van der Waals surface area contributed by atoms with Crippen LogP contribution >= 0.6 is 0 Å². The van der Waals surface area contributed by atoms with Gasteiger partial charge in [-0.1, -0.05) is 6.07 Å². The Labute approximate surface area is 114 Å². The van der Waals surface area contributed by atoms with Gasteiger partial charge in [0.05, 0.1) is 6.61 Å². The van der Waals surface area contributed by atoms with Crippen LogP contribution in [0, 0.1) is 11.7 Å². The Morgan fingerprint density at radius 3 is 2.79 bits per heavy atom. The van der Waals surface area contributed by atoms with E-state index in [1.54, 1.807) is 13.2 Å². The van der Waals surface area contributed by atoms with Crippen LogP contribution in [0.4, 0.5) is 10.1 Å². The van der Waals surface area contributed by atoms with E-state index < -0.39 is 0 Å². The van der Waals surface area contributed by atoms with Gasteiger partial charge in [-0.05, 0) is 37.8 Å². The maximum Gasteiger partial charge on any atom is 0.129 e. The lowest BCUT2D eigenvalue weighted by Crippen LogP contribution is -2.38. The fourth-order valence-electron chi connectivity index (χ4n) is 2.58. The van der Waals surface area contributed by atoms with Gasteiger partial charge < -0.3 is 15.4 Å². The topological polar surface area (TPSA) is 38.5 Å². The highest BCUT2D eigenvalue weighted by atomic mass is 19.1. The third kappa shape index (κ3) is 3.25. The number of hydrogen-bond donors (Lipinski definition) is 1. The lowest BCUT2D eigenvalue weighted by molar-refractivity contribution is 0.202. The average Bonchev–Trinajstić information content (AvgIpc) is 3.23. The number of hydrogen-bond acceptors (Lipinski definition) is 3. The first-order valence-corrected chi connectivity index (χ1v) is 6.92. The predicted molar refractivity (Wildman–Crippen MR) is 75.7 cm³/mol. The Bertz CT molecular complexity index is 421. The Kier molecular flexibility index (Phi) is 4.77. The summed E-state index contributed by atoms with van der Waals surface area (Å²) < 4.78 is 19.1. The number of ether oxygens (including phenoxy) is 1. The second-order valence-electron chi connectivity index (χ2n) is 5.21. The standard InChI is InChI=1S/C15H23FN2O/c1-11(12-6-7-12)18(8-9-19-2)15-5-3-4-14(16)13(15)10-17/h3-5,11-12H,6-10,17H2,1-2H3. The van der Waals surface area contributed by atoms with Gasteiger partial charge >= 0.3 is 0 Å². The van der Waals surface area contributed by atoms with Crippen LogP contribution in [-0.2, 0) is 11.3 Å². The first-order chi connectivity index (χ1) is 9.19. The Morgan fingerprint density at radius 2 is 2.21 bits per heavy atom. The van der Waals surface area contributed by atoms with Gasteiger partial charge in [-0.15, -0.1) is 0 Å². The van der Waals surface area contributed by atoms with Crippen molar-refractivity contribution in [3.05, 3.63) is 29.6 Å². The van der Waals surface area contributed by atoms with E-state index in [2.05, 4.69) is 11.8 Å². The van der Waals surface area contributed by atoms with Gasteiger partial charge in [-0.2, -0.15) is 0 Å². The number of anilines is 1. The molecule has 2 rings (SSSR count). The van der Waals surface area contributed by atoms with Gasteiger partial charge in [-0.3, -0.25) is 0 Å². The zero-order valence-electron chi connectivity index (χ0n) is 11.7. The van der Waals surface area contributed by atoms with Gasteiger partial charge in [0.1, 0.15) is 5.82 Å². The molecule has 106 valence electrons. The molecule has 0 aliphatic heterocycles. The molecule has 0 spiro atoms. The smallest absolute Gasteiger partial charge is 0.129 e. The Morgan fingerprint density at radius 1 is 1.47 bits per heavy atom. The first-order valence-electron chi connectivity index (χ1n) is 6.92. The van der Waals surface area contributed by atoms with Crippen molar-refractivity contribution >= 4 is 5.69 Å². The van der Waals surface area contributed by atoms with E-state index >= 15 is 0 Å². The van der Waals surface area contributed by atoms with Crippen LogP contribution in [0.25, 0.3) is 0 Å². The summed E-state index contributed by atoms with van der Waals surface area (Å²) in [5.74, 6) is 0.496. The second-order valence-corrected chi connectivity index (χ2v) is 5.21. The van der Waals surface area contributed by atoms with Gasteiger partial charge in [-0.25, -0.2) is 4.39 Å². The van der Waals surface area contributed by atoms with Crippen molar-refractivity contribution in [3.8, 4) is 0 Å². The number of nitrogens with two attached hydrogens (primary N) is 1. The minimum absolute atomic E-state index is 0.217. The molecule has 1 aliphatic carbocycles. The third-order valence-electron chi connectivity index (χ3n) is 3.94. The molecule has 0 saturated heterocycles. The number of rotatable bonds is 7. The molecule has 1 aromatic rings. The summed E-state index contributed by atoms with van der Waals surface area (Å²) in [6, 6.07) is 5.59. The van der Waals surface area contributed by atoms with E-state index in [1.807, 2.05) is 6.07 Å². The van der Waals surface area contributed by atoms with Crippen molar-refractivity contribution in [2.75, 3.05) is 25.2 Å². The molecular weight excluding hydrogens is 243 g/mol. The summed E-state index contributed by atoms with van der Waals surface area (Å²) in [4.78, 5) is 2.24. The van der Waals surface area contributed by atoms with E-state index in [4.69, 9.17) is 10.5 Å². The lowest BCUT2D eigenvalue weighted by atomic mass is 10.1. The largest absolute Gasteiger partial charge is 0.383 e. The number of nitrogens with zero attached hydrogens (tertiary/aromatic N) is 1. The summed E-state index contributed by atoms with van der Waals surface area (Å²) in [5, 5.41) is 0. The minimum Gasteiger partial charge on any atom is -0.383 e. The van der Waals surface area contributed by atoms with Gasteiger partial charge in [0.25, 0.3) is 0 Å². The van der Waals surface area contributed by atoms with Crippen LogP contribution in [0.3, 0.4) is 0 Å². The maximum absolute atomic E-state index is 13.9. The molecule has 1 saturated carbocycles. The number of methoxy groups -OCH3 is 1. The van der Waals surface area contributed by atoms with Crippen LogP contribution in [0.1, 0.15) is 25.3 Å². The molecule has 3 nitrogen and oxygen atoms in total. The van der Waals surface area contributed by atoms with Crippen molar-refractivity contribution in [3.63, 3.8) is 0 Å². The molecule has 4 heteroatoms. The van der Waals surface area contributed by atoms with Crippen LogP contribution in [0.2, 0.25) is 0 Å². The Balaban J connectivity index is 2.28. The van der Waals surface area contributed by atoms with Crippen molar-refractivity contribution in [1.29, 1.82) is 0 Å². The van der Waals surface area contributed by atoms with E-state index in [0.717, 1.165) is 12.2 Å². The highest BCUT2D eigenvalue weighted by Gasteiger charge is 2.32. The fourth-order valence-corrected chi connectivity index (χ4v) is 2.58. The van der Waals surface area contributed by atoms with Gasteiger partial charge in [0.15, 0.2) is 0 Å². The normalized spacial score (nSPS) is 16.4. The van der Waals surface area contributed by atoms with Crippen LogP contribution < -0.4 is 10.6 Å². The van der Waals surface area contributed by atoms with Crippen molar-refractivity contribution < 1.29 is 9.13 Å². The molecular formula is C15H23FN2O. The zero-order valence-corrected chi connectivity index (χ0v) is 11.7. The molecule has 0 amide bonds. The minimum atomic E-state index is -0.217. The fraction of sp³-hybridized carbons (Fsp3) is 0.600. The van der Waals surface area contributed by atoms with Gasteiger partial charge in [0.2, 0.25) is 0 Å². The number of halogens is 1. The molecule has 19 heavy (non-hydrogen) atoms. The van der Waals surface area contributed by atoms with Crippen LogP contribution in [0.5, 0.6) is 0 Å². The van der Waals surface area contributed by atoms with E-state index in [9.17, 15) is 4.39 Å². The van der Waals surface area contributed by atoms with E-state index in [0.29, 0.717) is 24.1 Å². The lowest BCUT2D eigenvalue weighted by Gasteiger charge is -2.33. The van der Waals surface area contributed by atoms with Crippen LogP contribution in [-0.4, -0.2) is 26.3 Å². The molecule has 0 radical (unpaired) electrons. The molecule has 1 aromatic carbocycles. The van der Waals surface area contributed by atoms with Crippen LogP contribution in [0.15, 0.2) is 18.2 Å². The van der Waals surface area contributed by atoms with Crippen molar-refractivity contribution in [1.82, 2.24) is 0 Å². The zero-order chi connectivity index (χ0) is 13.8. The summed E-state index contributed by atoms with van der Waals surface area (Å²) in [5.41, 5.74) is 7.23. The molecule has 1 fully saturated rings. The Hall–Kier alpha value is -1.13. The predicted octanol–water partition coefficient (Wildman–Crippen LogP) is 2.54. The molecule has 2 N–H and O–H groups in total. The number of benzene rings is 1. The molecule has 0 heterocycles. The van der Waals surface area contributed by atoms with Crippen molar-refractivity contribution in [2.24, 2.45) is 11.7 Å². The quantitative estimate of drug-likeness (QED) is 0.824. The van der Waals surface area contributed by atoms with Crippen molar-refractivity contribution in [2.45, 2.75) is 32.4 Å². The highest BCUT2D eigenvalue weighted by Crippen LogP contribution is 2.37. The molecule has 1 aliphatic rings. The SMILES string of the molecule is COCCN(c1cccc(F)c1CN)C(C)C1CC1. The third-order valence-corrected chi connectivity index (χ3v) is 3.94. The second kappa shape index (κ2) is 6.35. The summed E-state index contributed by atoms with van der Waals surface area (Å²) in [7, 11) is 1.69. The summed E-state index contributed by atoms with van der Waals surface area (Å²) >= 11 is 0. The molecule has 1 unspecified atom stereocenters. The molecule has 0 aromatic heterocycles. The van der Waals surface area contributed by atoms with Gasteiger partial charge in [0, 0.05) is 37.5 Å². The highest BCUT2D eigenvalue weighted by molar-refractivity contribution is 5.55. The van der Waals surface area contributed by atoms with E-state index in [1.165, 1.54) is 18.9 Å². The molecule has 1 atom stereocenters. The van der Waals surface area contributed by atoms with E-state index in [-0.39, 0.29) is 12.4 Å². The maximum atomic E-state index is 13.9. The summed E-state index contributed by atoms with van der Waals surface area (Å²) in [6.45, 7) is 3.84. The molecule has 0 bridgehead atoms. The summed E-state index contributed by atoms with van der Waals surface area (Å²) in [6.07, 6.45) is 2.52. The average molecular weight is 266 g/mol. The first kappa shape index (κ1) is 14.3.